The predicted molar refractivity (Wildman–Crippen MR) is 51.0 cm³/mol. The number of ether oxygens (including phenoxy) is 1. The van der Waals surface area contributed by atoms with Crippen molar-refractivity contribution in [3.63, 3.8) is 0 Å². The fourth-order valence-electron chi connectivity index (χ4n) is 1.13. The average Bonchev–Trinajstić information content (AvgIpc) is 2.94. The zero-order valence-corrected chi connectivity index (χ0v) is 8.14. The maximum atomic E-state index is 10.7. The Bertz CT molecular complexity index is 218. The van der Waals surface area contributed by atoms with Crippen LogP contribution in [0.15, 0.2) is 0 Å². The van der Waals surface area contributed by atoms with Gasteiger partial charge in [0.2, 0.25) is 0 Å². The van der Waals surface area contributed by atoms with Crippen molar-refractivity contribution in [3.05, 3.63) is 0 Å². The van der Waals surface area contributed by atoms with Crippen molar-refractivity contribution in [3.8, 4) is 11.8 Å². The molecule has 2 nitrogen and oxygen atoms in total. The molecule has 0 aromatic heterocycles. The molecule has 0 unspecified atom stereocenters. The van der Waals surface area contributed by atoms with Gasteiger partial charge in [0.05, 0.1) is 13.5 Å². The summed E-state index contributed by atoms with van der Waals surface area (Å²) in [6.45, 7) is 0. The first-order valence-electron chi connectivity index (χ1n) is 4.85. The minimum absolute atomic E-state index is 0.170. The molecule has 0 saturated heterocycles. The monoisotopic (exact) mass is 180 g/mol. The summed E-state index contributed by atoms with van der Waals surface area (Å²) < 4.78 is 4.50. The molecule has 1 aliphatic rings. The highest BCUT2D eigenvalue weighted by Gasteiger charge is 2.19. The van der Waals surface area contributed by atoms with Crippen LogP contribution in [0, 0.1) is 17.8 Å². The van der Waals surface area contributed by atoms with Crippen LogP contribution >= 0.6 is 0 Å². The molecule has 0 N–H and O–H groups in total. The second-order valence-corrected chi connectivity index (χ2v) is 3.41. The van der Waals surface area contributed by atoms with Crippen molar-refractivity contribution in [2.24, 2.45) is 5.92 Å². The minimum Gasteiger partial charge on any atom is -0.469 e. The highest BCUT2D eigenvalue weighted by Crippen LogP contribution is 2.33. The first kappa shape index (κ1) is 10.1. The summed E-state index contributed by atoms with van der Waals surface area (Å²) in [5.74, 6) is 6.85. The number of methoxy groups -OCH3 is 1. The van der Waals surface area contributed by atoms with Gasteiger partial charge in [-0.25, -0.2) is 0 Å². The van der Waals surface area contributed by atoms with Crippen LogP contribution in [0.1, 0.15) is 38.5 Å². The van der Waals surface area contributed by atoms with Crippen molar-refractivity contribution in [1.29, 1.82) is 0 Å². The molecule has 2 heteroatoms. The smallest absolute Gasteiger partial charge is 0.306 e. The molecule has 0 heterocycles. The van der Waals surface area contributed by atoms with E-state index in [0.29, 0.717) is 12.8 Å². The third-order valence-electron chi connectivity index (χ3n) is 2.18. The van der Waals surface area contributed by atoms with E-state index < -0.39 is 0 Å². The van der Waals surface area contributed by atoms with Gasteiger partial charge in [0.15, 0.2) is 0 Å². The number of esters is 1. The lowest BCUT2D eigenvalue weighted by Gasteiger charge is -1.92. The summed E-state index contributed by atoms with van der Waals surface area (Å²) in [5, 5.41) is 0. The standard InChI is InChI=1S/C11H16O2/c1-13-11(12)7-5-3-2-4-6-10-8-9-10/h10H,4-9H2,1H3. The molecule has 0 bridgehead atoms. The van der Waals surface area contributed by atoms with E-state index in [4.69, 9.17) is 0 Å². The van der Waals surface area contributed by atoms with E-state index in [9.17, 15) is 4.79 Å². The van der Waals surface area contributed by atoms with Gasteiger partial charge < -0.3 is 4.74 Å². The maximum Gasteiger partial charge on any atom is 0.306 e. The van der Waals surface area contributed by atoms with E-state index in [1.54, 1.807) is 0 Å². The van der Waals surface area contributed by atoms with Crippen LogP contribution in [0.3, 0.4) is 0 Å². The van der Waals surface area contributed by atoms with Gasteiger partial charge in [-0.15, -0.1) is 11.8 Å². The molecule has 0 atom stereocenters. The molecule has 1 fully saturated rings. The Morgan fingerprint density at radius 3 is 2.69 bits per heavy atom. The molecule has 0 radical (unpaired) electrons. The van der Waals surface area contributed by atoms with Crippen LogP contribution in [0.2, 0.25) is 0 Å². The lowest BCUT2D eigenvalue weighted by molar-refractivity contribution is -0.140. The van der Waals surface area contributed by atoms with Crippen LogP contribution in [0.5, 0.6) is 0 Å². The molecule has 0 aromatic carbocycles. The molecule has 1 saturated carbocycles. The molecular weight excluding hydrogens is 164 g/mol. The SMILES string of the molecule is COC(=O)CCC#CCCC1CC1. The van der Waals surface area contributed by atoms with Crippen LogP contribution < -0.4 is 0 Å². The van der Waals surface area contributed by atoms with Crippen LogP contribution in [0.25, 0.3) is 0 Å². The second kappa shape index (κ2) is 5.64. The minimum atomic E-state index is -0.170. The highest BCUT2D eigenvalue weighted by atomic mass is 16.5. The first-order valence-corrected chi connectivity index (χ1v) is 4.85. The largest absolute Gasteiger partial charge is 0.469 e. The Morgan fingerprint density at radius 2 is 2.08 bits per heavy atom. The van der Waals surface area contributed by atoms with Crippen LogP contribution in [-0.2, 0) is 9.53 Å². The third-order valence-corrected chi connectivity index (χ3v) is 2.18. The van der Waals surface area contributed by atoms with Gasteiger partial charge in [-0.3, -0.25) is 4.79 Å². The Labute approximate surface area is 79.7 Å². The fraction of sp³-hybridized carbons (Fsp3) is 0.727. The van der Waals surface area contributed by atoms with Crippen molar-refractivity contribution < 1.29 is 9.53 Å². The summed E-state index contributed by atoms with van der Waals surface area (Å²) in [4.78, 5) is 10.7. The molecule has 0 spiro atoms. The summed E-state index contributed by atoms with van der Waals surface area (Å²) >= 11 is 0. The van der Waals surface area contributed by atoms with Gasteiger partial charge in [0, 0.05) is 12.8 Å². The first-order chi connectivity index (χ1) is 6.33. The van der Waals surface area contributed by atoms with Gasteiger partial charge >= 0.3 is 5.97 Å². The Hall–Kier alpha value is -0.970. The third kappa shape index (κ3) is 5.30. The topological polar surface area (TPSA) is 26.3 Å². The van der Waals surface area contributed by atoms with E-state index in [1.165, 1.54) is 26.4 Å². The summed E-state index contributed by atoms with van der Waals surface area (Å²) in [6, 6.07) is 0. The van der Waals surface area contributed by atoms with Crippen molar-refractivity contribution >= 4 is 5.97 Å². The van der Waals surface area contributed by atoms with Crippen molar-refractivity contribution in [2.75, 3.05) is 7.11 Å². The number of carbonyl (C=O) groups excluding carboxylic acids is 1. The van der Waals surface area contributed by atoms with E-state index in [-0.39, 0.29) is 5.97 Å². The van der Waals surface area contributed by atoms with Gasteiger partial charge in [-0.2, -0.15) is 0 Å². The van der Waals surface area contributed by atoms with Crippen molar-refractivity contribution in [1.82, 2.24) is 0 Å². The molecule has 1 rings (SSSR count). The molecule has 0 aromatic rings. The van der Waals surface area contributed by atoms with Crippen LogP contribution in [-0.4, -0.2) is 13.1 Å². The number of carbonyl (C=O) groups is 1. The van der Waals surface area contributed by atoms with E-state index in [2.05, 4.69) is 16.6 Å². The Balaban J connectivity index is 1.93. The lowest BCUT2D eigenvalue weighted by atomic mass is 10.2. The number of rotatable bonds is 4. The maximum absolute atomic E-state index is 10.7. The molecule has 0 aliphatic heterocycles. The zero-order chi connectivity index (χ0) is 9.52. The zero-order valence-electron chi connectivity index (χ0n) is 8.14. The van der Waals surface area contributed by atoms with E-state index >= 15 is 0 Å². The van der Waals surface area contributed by atoms with Crippen molar-refractivity contribution in [2.45, 2.75) is 38.5 Å². The summed E-state index contributed by atoms with van der Waals surface area (Å²) in [7, 11) is 1.41. The molecule has 13 heavy (non-hydrogen) atoms. The molecular formula is C11H16O2. The number of hydrogen-bond acceptors (Lipinski definition) is 2. The highest BCUT2D eigenvalue weighted by molar-refractivity contribution is 5.69. The van der Waals surface area contributed by atoms with Gasteiger partial charge in [0.1, 0.15) is 0 Å². The molecule has 0 amide bonds. The predicted octanol–water partition coefficient (Wildman–Crippen LogP) is 2.13. The number of hydrogen-bond donors (Lipinski definition) is 0. The second-order valence-electron chi connectivity index (χ2n) is 3.41. The quantitative estimate of drug-likeness (QED) is 0.489. The van der Waals surface area contributed by atoms with E-state index in [1.807, 2.05) is 0 Å². The summed E-state index contributed by atoms with van der Waals surface area (Å²) in [5.41, 5.74) is 0. The van der Waals surface area contributed by atoms with Gasteiger partial charge in [-0.05, 0) is 12.3 Å². The normalized spacial score (nSPS) is 14.5. The van der Waals surface area contributed by atoms with Gasteiger partial charge in [0.25, 0.3) is 0 Å². The molecule has 1 aliphatic carbocycles. The Kier molecular flexibility index (Phi) is 4.39. The average molecular weight is 180 g/mol. The molecule has 72 valence electrons. The fourth-order valence-corrected chi connectivity index (χ4v) is 1.13. The summed E-state index contributed by atoms with van der Waals surface area (Å²) in [6.07, 6.45) is 6.08. The van der Waals surface area contributed by atoms with E-state index in [0.717, 1.165) is 12.3 Å². The van der Waals surface area contributed by atoms with Gasteiger partial charge in [-0.1, -0.05) is 12.8 Å². The van der Waals surface area contributed by atoms with Crippen LogP contribution in [0.4, 0.5) is 0 Å². The Morgan fingerprint density at radius 1 is 1.38 bits per heavy atom. The lowest BCUT2D eigenvalue weighted by Crippen LogP contribution is -1.98.